The number of nitrogens with zero attached hydrogens (tertiary/aromatic N) is 4. The van der Waals surface area contributed by atoms with E-state index in [1.54, 1.807) is 4.90 Å². The summed E-state index contributed by atoms with van der Waals surface area (Å²) in [6.45, 7) is 0.459. The summed E-state index contributed by atoms with van der Waals surface area (Å²) in [5.74, 6) is -0.451. The number of benzene rings is 1. The number of hydrogen-bond acceptors (Lipinski definition) is 12. The van der Waals surface area contributed by atoms with Crippen molar-refractivity contribution < 1.29 is 27.0 Å². The summed E-state index contributed by atoms with van der Waals surface area (Å²) in [6, 6.07) is 1.04. The number of H-pyrrole nitrogens is 1. The topological polar surface area (TPSA) is 271 Å². The van der Waals surface area contributed by atoms with Crippen molar-refractivity contribution in [1.29, 1.82) is 0 Å². The summed E-state index contributed by atoms with van der Waals surface area (Å²) >= 11 is 0. The van der Waals surface area contributed by atoms with Crippen molar-refractivity contribution in [3.05, 3.63) is 11.6 Å². The molecule has 184 valence electrons. The van der Waals surface area contributed by atoms with Crippen molar-refractivity contribution in [3.63, 3.8) is 0 Å². The summed E-state index contributed by atoms with van der Waals surface area (Å²) in [6.07, 6.45) is -1.65. The van der Waals surface area contributed by atoms with Crippen LogP contribution in [-0.4, -0.2) is 86.1 Å². The highest BCUT2D eigenvalue weighted by atomic mass is 32.2. The summed E-state index contributed by atoms with van der Waals surface area (Å²) in [5.41, 5.74) is 11.4. The highest BCUT2D eigenvalue weighted by molar-refractivity contribution is 7.92. The van der Waals surface area contributed by atoms with Gasteiger partial charge in [0, 0.05) is 32.0 Å². The zero-order valence-electron chi connectivity index (χ0n) is 17.5. The number of nitrogens with one attached hydrogen (secondary N) is 1. The number of hydrogen-bond donors (Lipinski definition) is 7. The van der Waals surface area contributed by atoms with Crippen molar-refractivity contribution in [2.75, 3.05) is 31.1 Å². The maximum absolute atomic E-state index is 12.6. The van der Waals surface area contributed by atoms with E-state index in [0.29, 0.717) is 13.0 Å². The number of β-amino-alcohol motifs (C(OH)–C–C–N with tert-alkyl or cyclic N) is 1. The van der Waals surface area contributed by atoms with Crippen LogP contribution < -0.4 is 26.6 Å². The molecule has 0 spiro atoms. The van der Waals surface area contributed by atoms with Gasteiger partial charge in [-0.3, -0.25) is 0 Å². The van der Waals surface area contributed by atoms with Crippen LogP contribution in [0, 0.1) is 5.92 Å². The number of primary sulfonamides is 2. The number of aromatic amines is 1. The monoisotopic (exact) mass is 505 g/mol. The van der Waals surface area contributed by atoms with Gasteiger partial charge in [-0.05, 0) is 29.8 Å². The normalized spacial score (nSPS) is 20.7. The zero-order chi connectivity index (χ0) is 24.6. The van der Waals surface area contributed by atoms with Gasteiger partial charge in [0.25, 0.3) is 0 Å². The second kappa shape index (κ2) is 9.55. The van der Waals surface area contributed by atoms with E-state index in [1.165, 1.54) is 0 Å². The predicted molar refractivity (Wildman–Crippen MR) is 117 cm³/mol. The number of sulfonamides is 2. The number of aliphatic hydroxyl groups excluding tert-OH is 2. The predicted octanol–water partition coefficient (Wildman–Crippen LogP) is -3.83. The molecule has 3 unspecified atom stereocenters. The van der Waals surface area contributed by atoms with Gasteiger partial charge in [0.2, 0.25) is 25.9 Å². The SMILES string of the molecule is NCC(O)Cc1cc(S(N)(=O)=O)c(S(N)(=O)=O)c(-c2nn[nH]n2)c1N1CCC(CN)C(O)C1. The Morgan fingerprint density at radius 1 is 1.21 bits per heavy atom. The van der Waals surface area contributed by atoms with E-state index in [2.05, 4.69) is 20.6 Å². The van der Waals surface area contributed by atoms with E-state index >= 15 is 0 Å². The molecule has 1 fully saturated rings. The van der Waals surface area contributed by atoms with Crippen LogP contribution in [0.1, 0.15) is 12.0 Å². The van der Waals surface area contributed by atoms with E-state index in [-0.39, 0.29) is 54.6 Å². The second-order valence-electron chi connectivity index (χ2n) is 7.80. The standard InChI is InChI=1S/C16H27N9O6S2/c17-5-8-1-2-25(7-11(8)27)14-9(3-10(26)6-18)4-12(32(19,28)29)15(33(20,30)31)13(14)16-21-23-24-22-16/h4,8,10-11,26-27H,1-3,5-7,17-18H2,(H2,19,28,29)(H2,20,30,31)(H,21,22,23,24). The Hall–Kier alpha value is -2.25. The van der Waals surface area contributed by atoms with Crippen molar-refractivity contribution >= 4 is 25.7 Å². The van der Waals surface area contributed by atoms with Crippen LogP contribution in [0.5, 0.6) is 0 Å². The fraction of sp³-hybridized carbons (Fsp3) is 0.562. The van der Waals surface area contributed by atoms with E-state index in [9.17, 15) is 27.0 Å². The van der Waals surface area contributed by atoms with Gasteiger partial charge in [-0.1, -0.05) is 0 Å². The highest BCUT2D eigenvalue weighted by Crippen LogP contribution is 2.42. The van der Waals surface area contributed by atoms with Crippen LogP contribution in [0.4, 0.5) is 5.69 Å². The Balaban J connectivity index is 2.42. The molecule has 3 rings (SSSR count). The van der Waals surface area contributed by atoms with Crippen LogP contribution >= 0.6 is 0 Å². The average Bonchev–Trinajstić information content (AvgIpc) is 3.25. The van der Waals surface area contributed by atoms with E-state index in [0.717, 1.165) is 6.07 Å². The first kappa shape index (κ1) is 25.4. The number of nitrogens with two attached hydrogens (primary N) is 4. The molecular formula is C16H27N9O6S2. The molecule has 2 aromatic rings. The largest absolute Gasteiger partial charge is 0.391 e. The van der Waals surface area contributed by atoms with Crippen molar-refractivity contribution in [2.45, 2.75) is 34.8 Å². The molecular weight excluding hydrogens is 478 g/mol. The van der Waals surface area contributed by atoms with Crippen molar-refractivity contribution in [3.8, 4) is 11.4 Å². The first-order valence-corrected chi connectivity index (χ1v) is 13.0. The fourth-order valence-electron chi connectivity index (χ4n) is 3.96. The van der Waals surface area contributed by atoms with Gasteiger partial charge in [-0.15, -0.1) is 10.2 Å². The van der Waals surface area contributed by atoms with Crippen molar-refractivity contribution in [2.24, 2.45) is 27.7 Å². The van der Waals surface area contributed by atoms with Gasteiger partial charge < -0.3 is 26.6 Å². The molecule has 17 heteroatoms. The molecule has 1 saturated heterocycles. The maximum Gasteiger partial charge on any atom is 0.240 e. The van der Waals surface area contributed by atoms with Crippen LogP contribution in [0.3, 0.4) is 0 Å². The molecule has 0 aliphatic carbocycles. The quantitative estimate of drug-likeness (QED) is 0.182. The number of rotatable bonds is 8. The first-order chi connectivity index (χ1) is 15.4. The first-order valence-electron chi connectivity index (χ1n) is 9.89. The van der Waals surface area contributed by atoms with Crippen LogP contribution in [-0.2, 0) is 26.5 Å². The van der Waals surface area contributed by atoms with Crippen molar-refractivity contribution in [1.82, 2.24) is 20.6 Å². The fourth-order valence-corrected chi connectivity index (χ4v) is 6.14. The number of piperidine rings is 1. The molecule has 15 nitrogen and oxygen atoms in total. The molecule has 0 saturated carbocycles. The smallest absolute Gasteiger partial charge is 0.240 e. The minimum atomic E-state index is -4.69. The highest BCUT2D eigenvalue weighted by Gasteiger charge is 2.36. The third-order valence-corrected chi connectivity index (χ3v) is 7.58. The molecule has 0 radical (unpaired) electrons. The summed E-state index contributed by atoms with van der Waals surface area (Å²) in [7, 11) is -9.30. The van der Waals surface area contributed by atoms with E-state index < -0.39 is 42.0 Å². The van der Waals surface area contributed by atoms with Crippen LogP contribution in [0.25, 0.3) is 11.4 Å². The molecule has 3 atom stereocenters. The summed E-state index contributed by atoms with van der Waals surface area (Å²) in [5, 5.41) is 44.8. The number of anilines is 1. The molecule has 1 aromatic heterocycles. The minimum absolute atomic E-state index is 0.0389. The Labute approximate surface area is 190 Å². The second-order valence-corrected chi connectivity index (χ2v) is 10.8. The van der Waals surface area contributed by atoms with E-state index in [1.807, 2.05) is 0 Å². The maximum atomic E-state index is 12.6. The average molecular weight is 506 g/mol. The van der Waals surface area contributed by atoms with Gasteiger partial charge in [0.1, 0.15) is 9.79 Å². The Bertz CT molecular complexity index is 1200. The number of aromatic nitrogens is 4. The third-order valence-electron chi connectivity index (χ3n) is 5.53. The molecule has 33 heavy (non-hydrogen) atoms. The zero-order valence-corrected chi connectivity index (χ0v) is 19.1. The molecule has 1 aliphatic rings. The lowest BCUT2D eigenvalue weighted by atomic mass is 9.91. The molecule has 2 heterocycles. The van der Waals surface area contributed by atoms with Crippen LogP contribution in [0.15, 0.2) is 15.9 Å². The Morgan fingerprint density at radius 3 is 2.39 bits per heavy atom. The van der Waals surface area contributed by atoms with Gasteiger partial charge >= 0.3 is 0 Å². The lowest BCUT2D eigenvalue weighted by Crippen LogP contribution is -2.47. The molecule has 1 aliphatic heterocycles. The van der Waals surface area contributed by atoms with Crippen LogP contribution in [0.2, 0.25) is 0 Å². The lowest BCUT2D eigenvalue weighted by molar-refractivity contribution is 0.0972. The molecule has 1 aromatic carbocycles. The van der Waals surface area contributed by atoms with Gasteiger partial charge in [0.05, 0.1) is 23.5 Å². The summed E-state index contributed by atoms with van der Waals surface area (Å²) < 4.78 is 50.0. The van der Waals surface area contributed by atoms with Gasteiger partial charge in [-0.2, -0.15) is 5.21 Å². The lowest BCUT2D eigenvalue weighted by Gasteiger charge is -2.39. The molecule has 11 N–H and O–H groups in total. The Kier molecular flexibility index (Phi) is 7.34. The van der Waals surface area contributed by atoms with Gasteiger partial charge in [0.15, 0.2) is 0 Å². The third kappa shape index (κ3) is 5.30. The summed E-state index contributed by atoms with van der Waals surface area (Å²) in [4.78, 5) is 0.0378. The minimum Gasteiger partial charge on any atom is -0.391 e. The number of aliphatic hydroxyl groups is 2. The Morgan fingerprint density at radius 2 is 1.91 bits per heavy atom. The molecule has 0 amide bonds. The van der Waals surface area contributed by atoms with E-state index in [4.69, 9.17) is 21.7 Å². The van der Waals surface area contributed by atoms with Gasteiger partial charge in [-0.25, -0.2) is 27.1 Å². The molecule has 0 bridgehead atoms. The number of tetrazole rings is 1.